The summed E-state index contributed by atoms with van der Waals surface area (Å²) in [6.45, 7) is 2.87. The number of nitrogens with one attached hydrogen (secondary N) is 3. The molecule has 5 N–H and O–H groups in total. The fourth-order valence-corrected chi connectivity index (χ4v) is 3.64. The summed E-state index contributed by atoms with van der Waals surface area (Å²) in [6.07, 6.45) is 4.66. The first-order chi connectivity index (χ1) is 14.4. The molecule has 30 heavy (non-hydrogen) atoms. The lowest BCUT2D eigenvalue weighted by atomic mass is 10.1. The maximum absolute atomic E-state index is 13.0. The Labute approximate surface area is 171 Å². The van der Waals surface area contributed by atoms with E-state index in [1.165, 1.54) is 12.5 Å². The Balaban J connectivity index is 1.45. The van der Waals surface area contributed by atoms with Gasteiger partial charge in [-0.15, -0.1) is 0 Å². The van der Waals surface area contributed by atoms with Gasteiger partial charge in [-0.3, -0.25) is 14.6 Å². The fraction of sp³-hybridized carbons (Fsp3) is 0.250. The number of hydrogen-bond acceptors (Lipinski definition) is 5. The molecule has 3 heterocycles. The number of pyridine rings is 1. The second-order valence-corrected chi connectivity index (χ2v) is 7.32. The van der Waals surface area contributed by atoms with Gasteiger partial charge in [0.15, 0.2) is 0 Å². The normalized spacial score (nSPS) is 18.4. The topological polar surface area (TPSA) is 146 Å². The molecule has 1 aliphatic rings. The number of carbonyl (C=O) groups excluding carboxylic acids is 3. The van der Waals surface area contributed by atoms with E-state index in [0.717, 1.165) is 0 Å². The van der Waals surface area contributed by atoms with Crippen LogP contribution in [0.2, 0.25) is 0 Å². The molecule has 0 bridgehead atoms. The Morgan fingerprint density at radius 1 is 1.23 bits per heavy atom. The van der Waals surface area contributed by atoms with E-state index in [1.54, 1.807) is 35.4 Å². The summed E-state index contributed by atoms with van der Waals surface area (Å²) in [7, 11) is 0. The number of aromatic nitrogens is 3. The highest BCUT2D eigenvalue weighted by molar-refractivity contribution is 6.04. The summed E-state index contributed by atoms with van der Waals surface area (Å²) in [5.74, 6) is -0.391. The molecule has 0 spiro atoms. The van der Waals surface area contributed by atoms with Gasteiger partial charge in [-0.05, 0) is 24.1 Å². The molecule has 0 saturated carbocycles. The molecule has 0 aliphatic carbocycles. The number of imidazole rings is 1. The molecular formula is C20H21N7O3. The highest BCUT2D eigenvalue weighted by Gasteiger charge is 2.34. The minimum absolute atomic E-state index is 0.0659. The zero-order chi connectivity index (χ0) is 21.3. The Morgan fingerprint density at radius 2 is 2.07 bits per heavy atom. The minimum Gasteiger partial charge on any atom is -0.351 e. The first-order valence-corrected chi connectivity index (χ1v) is 9.46. The number of amides is 4. The highest BCUT2D eigenvalue weighted by atomic mass is 16.2. The van der Waals surface area contributed by atoms with E-state index < -0.39 is 6.03 Å². The van der Waals surface area contributed by atoms with Crippen molar-refractivity contribution >= 4 is 34.6 Å². The van der Waals surface area contributed by atoms with Crippen LogP contribution in [0.25, 0.3) is 11.0 Å². The lowest BCUT2D eigenvalue weighted by molar-refractivity contribution is 0.0782. The number of hydrogen-bond donors (Lipinski definition) is 4. The van der Waals surface area contributed by atoms with E-state index in [0.29, 0.717) is 40.9 Å². The Morgan fingerprint density at radius 3 is 2.87 bits per heavy atom. The number of carbonyl (C=O) groups is 3. The number of nitrogens with zero attached hydrogens (tertiary/aromatic N) is 3. The van der Waals surface area contributed by atoms with E-state index in [1.807, 2.05) is 6.92 Å². The van der Waals surface area contributed by atoms with Crippen LogP contribution in [0.15, 0.2) is 43.0 Å². The molecule has 1 aliphatic heterocycles. The van der Waals surface area contributed by atoms with Crippen LogP contribution in [0.1, 0.15) is 27.6 Å². The molecule has 4 amide bonds. The lowest BCUT2D eigenvalue weighted by Crippen LogP contribution is -2.40. The van der Waals surface area contributed by atoms with Crippen molar-refractivity contribution in [2.45, 2.75) is 13.0 Å². The largest absolute Gasteiger partial charge is 0.351 e. The number of urea groups is 1. The SMILES string of the molecule is CC1CN(C(=O)c2cncc3[nH]cnc23)CC1NC(=O)c1cccc(NC(N)=O)c1. The van der Waals surface area contributed by atoms with Gasteiger partial charge in [0.05, 0.1) is 29.6 Å². The quantitative estimate of drug-likeness (QED) is 0.515. The van der Waals surface area contributed by atoms with Crippen molar-refractivity contribution in [3.05, 3.63) is 54.1 Å². The number of benzene rings is 1. The Bertz CT molecular complexity index is 1130. The molecule has 1 saturated heterocycles. The van der Waals surface area contributed by atoms with Crippen LogP contribution >= 0.6 is 0 Å². The van der Waals surface area contributed by atoms with Crippen LogP contribution in [0, 0.1) is 5.92 Å². The van der Waals surface area contributed by atoms with Crippen molar-refractivity contribution in [3.8, 4) is 0 Å². The average molecular weight is 407 g/mol. The zero-order valence-electron chi connectivity index (χ0n) is 16.3. The third-order valence-electron chi connectivity index (χ3n) is 5.17. The fourth-order valence-electron chi connectivity index (χ4n) is 3.64. The number of primary amides is 1. The van der Waals surface area contributed by atoms with Gasteiger partial charge in [-0.2, -0.15) is 0 Å². The van der Waals surface area contributed by atoms with E-state index in [4.69, 9.17) is 5.73 Å². The number of nitrogens with two attached hydrogens (primary N) is 1. The summed E-state index contributed by atoms with van der Waals surface area (Å²) in [5.41, 5.74) is 7.65. The third kappa shape index (κ3) is 3.79. The molecule has 2 aromatic heterocycles. The van der Waals surface area contributed by atoms with Crippen LogP contribution < -0.4 is 16.4 Å². The van der Waals surface area contributed by atoms with Crippen molar-refractivity contribution in [1.29, 1.82) is 0 Å². The first-order valence-electron chi connectivity index (χ1n) is 9.46. The van der Waals surface area contributed by atoms with Gasteiger partial charge >= 0.3 is 6.03 Å². The van der Waals surface area contributed by atoms with Crippen LogP contribution in [0.5, 0.6) is 0 Å². The third-order valence-corrected chi connectivity index (χ3v) is 5.17. The number of H-pyrrole nitrogens is 1. The standard InChI is InChI=1S/C20H21N7O3/c1-11-8-27(19(29)14-6-22-7-15-17(14)24-10-23-15)9-16(11)26-18(28)12-3-2-4-13(5-12)25-20(21)30/h2-7,10-11,16H,8-9H2,1H3,(H,23,24)(H,26,28)(H3,21,25,30). The molecule has 3 aromatic rings. The van der Waals surface area contributed by atoms with Gasteiger partial charge in [0.25, 0.3) is 11.8 Å². The zero-order valence-corrected chi connectivity index (χ0v) is 16.3. The van der Waals surface area contributed by atoms with Gasteiger partial charge in [0.2, 0.25) is 0 Å². The molecule has 1 aromatic carbocycles. The van der Waals surface area contributed by atoms with Crippen LogP contribution in [-0.4, -0.2) is 56.8 Å². The number of anilines is 1. The summed E-state index contributed by atoms with van der Waals surface area (Å²) in [6, 6.07) is 5.59. The van der Waals surface area contributed by atoms with Crippen LogP contribution in [0.4, 0.5) is 10.5 Å². The molecule has 10 heteroatoms. The van der Waals surface area contributed by atoms with E-state index in [2.05, 4.69) is 25.6 Å². The maximum Gasteiger partial charge on any atom is 0.316 e. The molecule has 2 unspecified atom stereocenters. The van der Waals surface area contributed by atoms with Crippen LogP contribution in [-0.2, 0) is 0 Å². The minimum atomic E-state index is -0.701. The summed E-state index contributed by atoms with van der Waals surface area (Å²) in [5, 5.41) is 5.43. The maximum atomic E-state index is 13.0. The second kappa shape index (κ2) is 7.82. The summed E-state index contributed by atoms with van der Waals surface area (Å²) < 4.78 is 0. The van der Waals surface area contributed by atoms with E-state index in [-0.39, 0.29) is 23.8 Å². The smallest absolute Gasteiger partial charge is 0.316 e. The van der Waals surface area contributed by atoms with Gasteiger partial charge in [-0.1, -0.05) is 13.0 Å². The number of rotatable bonds is 4. The van der Waals surface area contributed by atoms with Gasteiger partial charge < -0.3 is 26.3 Å². The van der Waals surface area contributed by atoms with E-state index >= 15 is 0 Å². The van der Waals surface area contributed by atoms with Gasteiger partial charge in [0, 0.05) is 30.5 Å². The predicted molar refractivity (Wildman–Crippen MR) is 110 cm³/mol. The van der Waals surface area contributed by atoms with Crippen molar-refractivity contribution in [1.82, 2.24) is 25.2 Å². The summed E-state index contributed by atoms with van der Waals surface area (Å²) >= 11 is 0. The number of likely N-dealkylation sites (tertiary alicyclic amines) is 1. The van der Waals surface area contributed by atoms with Crippen molar-refractivity contribution in [2.75, 3.05) is 18.4 Å². The molecule has 1 fully saturated rings. The average Bonchev–Trinajstić information content (AvgIpc) is 3.34. The van der Waals surface area contributed by atoms with Gasteiger partial charge in [-0.25, -0.2) is 9.78 Å². The molecule has 2 atom stereocenters. The molecular weight excluding hydrogens is 386 g/mol. The number of aromatic amines is 1. The Kier molecular flexibility index (Phi) is 5.05. The monoisotopic (exact) mass is 407 g/mol. The predicted octanol–water partition coefficient (Wildman–Crippen LogP) is 1.34. The van der Waals surface area contributed by atoms with Crippen molar-refractivity contribution < 1.29 is 14.4 Å². The lowest BCUT2D eigenvalue weighted by Gasteiger charge is -2.18. The molecule has 0 radical (unpaired) electrons. The second-order valence-electron chi connectivity index (χ2n) is 7.32. The Hall–Kier alpha value is -3.95. The highest BCUT2D eigenvalue weighted by Crippen LogP contribution is 2.22. The van der Waals surface area contributed by atoms with Gasteiger partial charge in [0.1, 0.15) is 5.52 Å². The van der Waals surface area contributed by atoms with E-state index in [9.17, 15) is 14.4 Å². The number of fused-ring (bicyclic) bond motifs is 1. The molecule has 10 nitrogen and oxygen atoms in total. The first kappa shape index (κ1) is 19.4. The van der Waals surface area contributed by atoms with Crippen molar-refractivity contribution in [3.63, 3.8) is 0 Å². The van der Waals surface area contributed by atoms with Crippen molar-refractivity contribution in [2.24, 2.45) is 11.7 Å². The molecule has 154 valence electrons. The van der Waals surface area contributed by atoms with Crippen LogP contribution in [0.3, 0.4) is 0 Å². The molecule has 4 rings (SSSR count). The summed E-state index contributed by atoms with van der Waals surface area (Å²) in [4.78, 5) is 49.7.